The Hall–Kier alpha value is -1.40. The van der Waals surface area contributed by atoms with Gasteiger partial charge in [0.05, 0.1) is 10.7 Å². The molecule has 120 valence electrons. The summed E-state index contributed by atoms with van der Waals surface area (Å²) in [6, 6.07) is 4.18. The van der Waals surface area contributed by atoms with Gasteiger partial charge in [-0.25, -0.2) is 4.98 Å². The van der Waals surface area contributed by atoms with E-state index < -0.39 is 0 Å². The highest BCUT2D eigenvalue weighted by atomic mass is 32.1. The molecule has 0 aliphatic carbocycles. The third-order valence-electron chi connectivity index (χ3n) is 3.10. The highest BCUT2D eigenvalue weighted by molar-refractivity contribution is 7.10. The number of nitrogens with two attached hydrogens (primary N) is 1. The third kappa shape index (κ3) is 5.42. The van der Waals surface area contributed by atoms with Crippen LogP contribution in [0.15, 0.2) is 27.9 Å². The minimum absolute atomic E-state index is 0.124. The first-order chi connectivity index (χ1) is 10.4. The number of thiophene rings is 1. The van der Waals surface area contributed by atoms with Crippen LogP contribution in [-0.2, 0) is 18.3 Å². The molecule has 0 saturated heterocycles. The SMILES string of the molecule is CC(C)(C)c1nc(CCNC(N)=NCCc2cccs2)cs1. The second-order valence-electron chi connectivity index (χ2n) is 6.17. The van der Waals surface area contributed by atoms with Gasteiger partial charge in [-0.2, -0.15) is 0 Å². The summed E-state index contributed by atoms with van der Waals surface area (Å²) in [7, 11) is 0. The fourth-order valence-electron chi connectivity index (χ4n) is 1.88. The Bertz CT molecular complexity index is 594. The smallest absolute Gasteiger partial charge is 0.188 e. The number of hydrogen-bond donors (Lipinski definition) is 2. The molecule has 2 rings (SSSR count). The molecule has 6 heteroatoms. The molecule has 0 aromatic carbocycles. The van der Waals surface area contributed by atoms with Gasteiger partial charge in [0, 0.05) is 41.6 Å². The van der Waals surface area contributed by atoms with Crippen LogP contribution < -0.4 is 11.1 Å². The van der Waals surface area contributed by atoms with E-state index in [0.29, 0.717) is 5.96 Å². The van der Waals surface area contributed by atoms with Gasteiger partial charge in [-0.15, -0.1) is 22.7 Å². The van der Waals surface area contributed by atoms with Crippen molar-refractivity contribution in [3.05, 3.63) is 38.5 Å². The summed E-state index contributed by atoms with van der Waals surface area (Å²) in [6.07, 6.45) is 1.81. The maximum Gasteiger partial charge on any atom is 0.188 e. The first kappa shape index (κ1) is 17.0. The van der Waals surface area contributed by atoms with E-state index in [4.69, 9.17) is 5.73 Å². The lowest BCUT2D eigenvalue weighted by molar-refractivity contribution is 0.582. The van der Waals surface area contributed by atoms with Gasteiger partial charge in [0.1, 0.15) is 0 Å². The zero-order valence-electron chi connectivity index (χ0n) is 13.4. The fourth-order valence-corrected chi connectivity index (χ4v) is 3.52. The van der Waals surface area contributed by atoms with Gasteiger partial charge in [-0.1, -0.05) is 26.8 Å². The molecular weight excluding hydrogens is 312 g/mol. The predicted octanol–water partition coefficient (Wildman–Crippen LogP) is 3.19. The first-order valence-electron chi connectivity index (χ1n) is 7.46. The monoisotopic (exact) mass is 336 g/mol. The van der Waals surface area contributed by atoms with E-state index in [1.54, 1.807) is 22.7 Å². The number of rotatable bonds is 6. The third-order valence-corrected chi connectivity index (χ3v) is 5.35. The summed E-state index contributed by atoms with van der Waals surface area (Å²) >= 11 is 3.48. The Morgan fingerprint density at radius 2 is 2.14 bits per heavy atom. The quantitative estimate of drug-likeness (QED) is 0.629. The molecule has 0 spiro atoms. The van der Waals surface area contributed by atoms with E-state index in [-0.39, 0.29) is 5.41 Å². The van der Waals surface area contributed by atoms with Crippen LogP contribution in [0, 0.1) is 0 Å². The van der Waals surface area contributed by atoms with Gasteiger partial charge >= 0.3 is 0 Å². The van der Waals surface area contributed by atoms with Crippen molar-refractivity contribution < 1.29 is 0 Å². The minimum atomic E-state index is 0.124. The molecule has 0 unspecified atom stereocenters. The van der Waals surface area contributed by atoms with E-state index in [0.717, 1.165) is 31.6 Å². The average Bonchev–Trinajstić information content (AvgIpc) is 3.09. The number of nitrogens with zero attached hydrogens (tertiary/aromatic N) is 2. The van der Waals surface area contributed by atoms with Gasteiger partial charge in [0.15, 0.2) is 5.96 Å². The Labute approximate surface area is 140 Å². The van der Waals surface area contributed by atoms with E-state index in [1.165, 1.54) is 9.88 Å². The molecule has 0 radical (unpaired) electrons. The van der Waals surface area contributed by atoms with Gasteiger partial charge in [-0.05, 0) is 11.4 Å². The Kier molecular flexibility index (Phi) is 5.97. The number of guanidine groups is 1. The van der Waals surface area contributed by atoms with E-state index >= 15 is 0 Å². The van der Waals surface area contributed by atoms with Crippen molar-refractivity contribution in [2.75, 3.05) is 13.1 Å². The van der Waals surface area contributed by atoms with Crippen LogP contribution in [0.5, 0.6) is 0 Å². The molecule has 22 heavy (non-hydrogen) atoms. The van der Waals surface area contributed by atoms with Gasteiger partial charge in [0.2, 0.25) is 0 Å². The van der Waals surface area contributed by atoms with Crippen molar-refractivity contribution in [3.63, 3.8) is 0 Å². The van der Waals surface area contributed by atoms with Crippen molar-refractivity contribution in [2.24, 2.45) is 10.7 Å². The van der Waals surface area contributed by atoms with Crippen LogP contribution in [0.2, 0.25) is 0 Å². The summed E-state index contributed by atoms with van der Waals surface area (Å²) in [5, 5.41) is 8.55. The fraction of sp³-hybridized carbons (Fsp3) is 0.500. The van der Waals surface area contributed by atoms with Crippen LogP contribution >= 0.6 is 22.7 Å². The van der Waals surface area contributed by atoms with Gasteiger partial charge in [0.25, 0.3) is 0 Å². The molecule has 0 atom stereocenters. The van der Waals surface area contributed by atoms with Gasteiger partial charge in [-0.3, -0.25) is 4.99 Å². The molecule has 4 nitrogen and oxygen atoms in total. The Morgan fingerprint density at radius 1 is 1.32 bits per heavy atom. The molecule has 2 aromatic heterocycles. The summed E-state index contributed by atoms with van der Waals surface area (Å²) in [4.78, 5) is 10.4. The van der Waals surface area contributed by atoms with Crippen molar-refractivity contribution in [3.8, 4) is 0 Å². The summed E-state index contributed by atoms with van der Waals surface area (Å²) in [5.74, 6) is 0.517. The zero-order valence-corrected chi connectivity index (χ0v) is 15.1. The van der Waals surface area contributed by atoms with Crippen molar-refractivity contribution in [2.45, 2.75) is 39.0 Å². The zero-order chi connectivity index (χ0) is 16.0. The second kappa shape index (κ2) is 7.74. The maximum absolute atomic E-state index is 5.88. The van der Waals surface area contributed by atoms with Crippen LogP contribution in [0.4, 0.5) is 0 Å². The van der Waals surface area contributed by atoms with Crippen LogP contribution in [-0.4, -0.2) is 24.0 Å². The lowest BCUT2D eigenvalue weighted by Crippen LogP contribution is -2.33. The summed E-state index contributed by atoms with van der Waals surface area (Å²) < 4.78 is 0. The number of aromatic nitrogens is 1. The molecule has 0 saturated carbocycles. The van der Waals surface area contributed by atoms with Crippen molar-refractivity contribution in [1.82, 2.24) is 10.3 Å². The maximum atomic E-state index is 5.88. The predicted molar refractivity (Wildman–Crippen MR) is 97.0 cm³/mol. The van der Waals surface area contributed by atoms with Crippen LogP contribution in [0.1, 0.15) is 36.3 Å². The number of nitrogens with one attached hydrogen (secondary N) is 1. The average molecular weight is 337 g/mol. The molecule has 0 bridgehead atoms. The van der Waals surface area contributed by atoms with E-state index in [2.05, 4.69) is 59.0 Å². The highest BCUT2D eigenvalue weighted by Gasteiger charge is 2.17. The molecule has 2 heterocycles. The minimum Gasteiger partial charge on any atom is -0.370 e. The summed E-state index contributed by atoms with van der Waals surface area (Å²) in [5.41, 5.74) is 7.12. The standard InChI is InChI=1S/C16H24N4S2/c1-16(2,3)14-20-12(11-22-14)6-8-18-15(17)19-9-7-13-5-4-10-21-13/h4-5,10-11H,6-9H2,1-3H3,(H3,17,18,19). The molecule has 0 fully saturated rings. The Morgan fingerprint density at radius 3 is 2.77 bits per heavy atom. The van der Waals surface area contributed by atoms with Crippen molar-refractivity contribution >= 4 is 28.6 Å². The number of thiazole rings is 1. The normalized spacial score (nSPS) is 12.6. The second-order valence-corrected chi connectivity index (χ2v) is 8.06. The van der Waals surface area contributed by atoms with Crippen LogP contribution in [0.3, 0.4) is 0 Å². The molecule has 3 N–H and O–H groups in total. The van der Waals surface area contributed by atoms with Gasteiger partial charge < -0.3 is 11.1 Å². The largest absolute Gasteiger partial charge is 0.370 e. The molecular formula is C16H24N4S2. The van der Waals surface area contributed by atoms with Crippen LogP contribution in [0.25, 0.3) is 0 Å². The lowest BCUT2D eigenvalue weighted by Gasteiger charge is -2.13. The molecule has 0 aliphatic heterocycles. The Balaban J connectivity index is 1.70. The molecule has 2 aromatic rings. The number of aliphatic imine (C=N–C) groups is 1. The molecule has 0 aliphatic rings. The van der Waals surface area contributed by atoms with E-state index in [1.807, 2.05) is 0 Å². The first-order valence-corrected chi connectivity index (χ1v) is 9.22. The summed E-state index contributed by atoms with van der Waals surface area (Å²) in [6.45, 7) is 8.05. The highest BCUT2D eigenvalue weighted by Crippen LogP contribution is 2.25. The molecule has 0 amide bonds. The van der Waals surface area contributed by atoms with Crippen molar-refractivity contribution in [1.29, 1.82) is 0 Å². The lowest BCUT2D eigenvalue weighted by atomic mass is 9.98. The number of hydrogen-bond acceptors (Lipinski definition) is 4. The topological polar surface area (TPSA) is 63.3 Å². The van der Waals surface area contributed by atoms with E-state index in [9.17, 15) is 0 Å².